The highest BCUT2D eigenvalue weighted by Gasteiger charge is 2.45. The summed E-state index contributed by atoms with van der Waals surface area (Å²) >= 11 is 0. The van der Waals surface area contributed by atoms with Gasteiger partial charge in [0.2, 0.25) is 29.5 Å². The Labute approximate surface area is 391 Å². The van der Waals surface area contributed by atoms with Crippen molar-refractivity contribution in [2.45, 2.75) is 136 Å². The van der Waals surface area contributed by atoms with Crippen molar-refractivity contribution in [3.63, 3.8) is 0 Å². The fourth-order valence-electron chi connectivity index (χ4n) is 7.37. The molecule has 8 atom stereocenters. The Morgan fingerprint density at radius 2 is 1.34 bits per heavy atom. The van der Waals surface area contributed by atoms with Crippen LogP contribution in [-0.2, 0) is 49.7 Å². The number of carbonyl (C=O) groups is 9. The predicted octanol–water partition coefficient (Wildman–Crippen LogP) is 2.63. The summed E-state index contributed by atoms with van der Waals surface area (Å²) in [6.45, 7) is 13.7. The number of hydrogen-bond acceptors (Lipinski definition) is 10. The van der Waals surface area contributed by atoms with Crippen LogP contribution in [0, 0.1) is 17.8 Å². The largest absolute Gasteiger partial charge is 0.481 e. The number of amides is 8. The Morgan fingerprint density at radius 3 is 1.90 bits per heavy atom. The molecule has 8 amide bonds. The molecule has 0 unspecified atom stereocenters. The number of likely N-dealkylation sites (tertiary alicyclic amines) is 1. The molecule has 0 aromatic heterocycles. The number of carboxylic acid groups (broad SMARTS) is 2. The monoisotopic (exact) mass is 936 g/mol. The molecule has 0 bridgehead atoms. The fourth-order valence-corrected chi connectivity index (χ4v) is 7.37. The number of nitrogens with one attached hydrogen (secondary N) is 6. The van der Waals surface area contributed by atoms with Crippen molar-refractivity contribution in [2.24, 2.45) is 17.8 Å². The number of ether oxygens (including phenoxy) is 1. The zero-order valence-electron chi connectivity index (χ0n) is 39.6. The van der Waals surface area contributed by atoms with Crippen LogP contribution in [-0.4, -0.2) is 123 Å². The van der Waals surface area contributed by atoms with Gasteiger partial charge in [0.25, 0.3) is 5.91 Å². The van der Waals surface area contributed by atoms with Gasteiger partial charge in [0, 0.05) is 32.9 Å². The molecule has 1 aliphatic heterocycles. The third-order valence-corrected chi connectivity index (χ3v) is 11.2. The number of aliphatic carboxylic acids is 2. The van der Waals surface area contributed by atoms with E-state index < -0.39 is 127 Å². The molecule has 20 nitrogen and oxygen atoms in total. The molecule has 67 heavy (non-hydrogen) atoms. The number of benzene rings is 2. The highest BCUT2D eigenvalue weighted by Crippen LogP contribution is 2.25. The Morgan fingerprint density at radius 1 is 0.746 bits per heavy atom. The molecule has 1 saturated heterocycles. The number of nitrogens with zero attached hydrogens (tertiary/aromatic N) is 2. The maximum atomic E-state index is 14.8. The van der Waals surface area contributed by atoms with Crippen molar-refractivity contribution in [3.8, 4) is 0 Å². The van der Waals surface area contributed by atoms with Gasteiger partial charge < -0.3 is 46.4 Å². The van der Waals surface area contributed by atoms with Gasteiger partial charge >= 0.3 is 18.0 Å². The number of hydrogen-bond donors (Lipinski definition) is 8. The molecule has 368 valence electrons. The number of carbonyl (C=O) groups excluding carboxylic acids is 7. The van der Waals surface area contributed by atoms with E-state index in [0.29, 0.717) is 6.42 Å². The van der Waals surface area contributed by atoms with Crippen LogP contribution in [0.1, 0.15) is 105 Å². The molecule has 0 radical (unpaired) electrons. The summed E-state index contributed by atoms with van der Waals surface area (Å²) in [6, 6.07) is 10.8. The normalized spacial score (nSPS) is 17.2. The average Bonchev–Trinajstić information content (AvgIpc) is 3.71. The maximum Gasteiger partial charge on any atom is 0.336 e. The van der Waals surface area contributed by atoms with Crippen molar-refractivity contribution < 1.29 is 58.1 Å². The van der Waals surface area contributed by atoms with E-state index in [1.54, 1.807) is 27.7 Å². The molecule has 0 spiro atoms. The molecule has 1 fully saturated rings. The SMILES string of the molecule is CC[C@H](C)[C@H](NC(=O)[C@@H](CCC(=O)O)NC(=O)[C@H](CC(=O)O)NC(C)=O)C(=O)N[C@H](C(=O)N1C[C@H](OCc2ccccc2)C[C@H]1C(=O)NN(CC(C)C)C(=O)N[C@@H](C)c1ccccc1)C(C)C. The third kappa shape index (κ3) is 17.6. The molecule has 2 aromatic carbocycles. The third-order valence-electron chi connectivity index (χ3n) is 11.2. The molecule has 8 N–H and O–H groups in total. The van der Waals surface area contributed by atoms with Crippen molar-refractivity contribution in [1.82, 2.24) is 41.9 Å². The topological polar surface area (TPSA) is 282 Å². The molecular formula is C47H68N8O12. The van der Waals surface area contributed by atoms with E-state index in [4.69, 9.17) is 4.74 Å². The van der Waals surface area contributed by atoms with Crippen molar-refractivity contribution >= 4 is 53.4 Å². The van der Waals surface area contributed by atoms with Gasteiger partial charge in [-0.1, -0.05) is 109 Å². The van der Waals surface area contributed by atoms with Gasteiger partial charge in [-0.3, -0.25) is 43.8 Å². The second-order valence-electron chi connectivity index (χ2n) is 17.7. The van der Waals surface area contributed by atoms with E-state index in [0.717, 1.165) is 18.1 Å². The number of hydrazine groups is 1. The summed E-state index contributed by atoms with van der Waals surface area (Å²) < 4.78 is 6.24. The highest BCUT2D eigenvalue weighted by atomic mass is 16.5. The lowest BCUT2D eigenvalue weighted by atomic mass is 9.95. The van der Waals surface area contributed by atoms with Gasteiger partial charge in [0.05, 0.1) is 25.2 Å². The predicted molar refractivity (Wildman–Crippen MR) is 245 cm³/mol. The zero-order valence-corrected chi connectivity index (χ0v) is 39.6. The lowest BCUT2D eigenvalue weighted by Crippen LogP contribution is -2.62. The second-order valence-corrected chi connectivity index (χ2v) is 17.7. The Balaban J connectivity index is 1.91. The first kappa shape index (κ1) is 54.8. The molecule has 0 aliphatic carbocycles. The minimum atomic E-state index is -1.60. The molecule has 20 heteroatoms. The van der Waals surface area contributed by atoms with Gasteiger partial charge in [0.15, 0.2) is 0 Å². The van der Waals surface area contributed by atoms with E-state index in [1.807, 2.05) is 81.4 Å². The molecule has 0 saturated carbocycles. The van der Waals surface area contributed by atoms with Crippen LogP contribution < -0.4 is 32.0 Å². The molecule has 3 rings (SSSR count). The number of carboxylic acids is 2. The quantitative estimate of drug-likeness (QED) is 0.0706. The van der Waals surface area contributed by atoms with Gasteiger partial charge in [0.1, 0.15) is 30.2 Å². The van der Waals surface area contributed by atoms with Crippen LogP contribution >= 0.6 is 0 Å². The first-order valence-corrected chi connectivity index (χ1v) is 22.6. The smallest absolute Gasteiger partial charge is 0.336 e. The van der Waals surface area contributed by atoms with Crippen LogP contribution in [0.25, 0.3) is 0 Å². The molecule has 1 aliphatic rings. The number of urea groups is 1. The summed E-state index contributed by atoms with van der Waals surface area (Å²) in [5, 5.41) is 32.7. The Kier molecular flexibility index (Phi) is 21.7. The molecule has 2 aromatic rings. The standard InChI is InChI=1S/C47H68N8O12/c1-9-29(6)41(52-42(61)35(20-21-38(57)58)50-43(62)36(23-39(59)60)49-31(8)56)45(64)51-40(28(4)5)46(65)54-25-34(67-26-32-16-12-10-13-17-32)22-37(54)44(63)53-55(24-27(2)3)47(66)48-30(7)33-18-14-11-15-19-33/h10-19,27-30,34-37,40-41H,9,20-26H2,1-8H3,(H,48,66)(H,49,56)(H,50,62)(H,51,64)(H,52,61)(H,53,63)(H,57,58)(H,59,60)/t29-,30-,34+,35+,36-,37-,40-,41-/m0/s1. The second kappa shape index (κ2) is 26.5. The Hall–Kier alpha value is -6.57. The molecule has 1 heterocycles. The summed E-state index contributed by atoms with van der Waals surface area (Å²) in [4.78, 5) is 120. The highest BCUT2D eigenvalue weighted by molar-refractivity contribution is 5.97. The van der Waals surface area contributed by atoms with E-state index in [1.165, 1.54) is 9.91 Å². The zero-order chi connectivity index (χ0) is 50.0. The lowest BCUT2D eigenvalue weighted by Gasteiger charge is -2.34. The van der Waals surface area contributed by atoms with Gasteiger partial charge in [-0.05, 0) is 42.2 Å². The van der Waals surface area contributed by atoms with E-state index in [9.17, 15) is 53.4 Å². The van der Waals surface area contributed by atoms with Crippen molar-refractivity contribution in [2.75, 3.05) is 13.1 Å². The van der Waals surface area contributed by atoms with E-state index in [-0.39, 0.29) is 32.0 Å². The lowest BCUT2D eigenvalue weighted by molar-refractivity contribution is -0.144. The summed E-state index contributed by atoms with van der Waals surface area (Å²) in [7, 11) is 0. The van der Waals surface area contributed by atoms with Crippen LogP contribution in [0.2, 0.25) is 0 Å². The summed E-state index contributed by atoms with van der Waals surface area (Å²) in [5.74, 6) is -8.78. The van der Waals surface area contributed by atoms with Crippen LogP contribution in [0.4, 0.5) is 4.79 Å². The summed E-state index contributed by atoms with van der Waals surface area (Å²) in [5.41, 5.74) is 4.46. The van der Waals surface area contributed by atoms with Crippen molar-refractivity contribution in [1.29, 1.82) is 0 Å². The van der Waals surface area contributed by atoms with Gasteiger partial charge in [-0.15, -0.1) is 0 Å². The summed E-state index contributed by atoms with van der Waals surface area (Å²) in [6.07, 6.45) is -2.11. The number of rotatable bonds is 24. The van der Waals surface area contributed by atoms with Crippen LogP contribution in [0.5, 0.6) is 0 Å². The molecular weight excluding hydrogens is 869 g/mol. The van der Waals surface area contributed by atoms with E-state index in [2.05, 4.69) is 32.0 Å². The minimum Gasteiger partial charge on any atom is -0.481 e. The van der Waals surface area contributed by atoms with E-state index >= 15 is 0 Å². The van der Waals surface area contributed by atoms with Crippen molar-refractivity contribution in [3.05, 3.63) is 71.8 Å². The average molecular weight is 937 g/mol. The fraction of sp³-hybridized carbons (Fsp3) is 0.553. The minimum absolute atomic E-state index is 0.0396. The van der Waals surface area contributed by atoms with Gasteiger partial charge in [-0.2, -0.15) is 0 Å². The first-order valence-electron chi connectivity index (χ1n) is 22.6. The Bertz CT molecular complexity index is 2000. The first-order chi connectivity index (χ1) is 31.6. The van der Waals surface area contributed by atoms with Gasteiger partial charge in [-0.25, -0.2) is 9.80 Å². The van der Waals surface area contributed by atoms with Crippen LogP contribution in [0.3, 0.4) is 0 Å². The van der Waals surface area contributed by atoms with Crippen LogP contribution in [0.15, 0.2) is 60.7 Å². The maximum absolute atomic E-state index is 14.8.